The molecule has 0 spiro atoms. The summed E-state index contributed by atoms with van der Waals surface area (Å²) in [6.07, 6.45) is -5.62. The largest absolute Gasteiger partial charge is 0.432 e. The van der Waals surface area contributed by atoms with Gasteiger partial charge in [0.1, 0.15) is 24.4 Å². The molecule has 2 heterocycles. The van der Waals surface area contributed by atoms with Gasteiger partial charge in [-0.3, -0.25) is 4.79 Å². The molecule has 1 saturated heterocycles. The Hall–Kier alpha value is -1.97. The quantitative estimate of drug-likeness (QED) is 0.455. The molecule has 5 atom stereocenters. The summed E-state index contributed by atoms with van der Waals surface area (Å²) in [7, 11) is 0. The van der Waals surface area contributed by atoms with E-state index in [0.717, 1.165) is 16.5 Å². The lowest BCUT2D eigenvalue weighted by atomic mass is 9.99. The summed E-state index contributed by atoms with van der Waals surface area (Å²) in [6.45, 7) is -0.582. The van der Waals surface area contributed by atoms with Crippen LogP contribution in [0.25, 0.3) is 10.9 Å². The number of carbonyl (C=O) groups excluding carboxylic acids is 1. The lowest BCUT2D eigenvalue weighted by molar-refractivity contribution is -0.292. The number of hydrogen-bond donors (Lipinski definition) is 5. The Balaban J connectivity index is 1.68. The Morgan fingerprint density at radius 3 is 2.67 bits per heavy atom. The Bertz CT molecular complexity index is 713. The van der Waals surface area contributed by atoms with E-state index in [-0.39, 0.29) is 6.42 Å². The van der Waals surface area contributed by atoms with E-state index in [9.17, 15) is 20.1 Å². The summed E-state index contributed by atoms with van der Waals surface area (Å²) in [6, 6.07) is 7.46. The predicted octanol–water partition coefficient (Wildman–Crippen LogP) is -0.947. The van der Waals surface area contributed by atoms with Gasteiger partial charge in [0.2, 0.25) is 6.29 Å². The predicted molar refractivity (Wildman–Crippen MR) is 81.9 cm³/mol. The van der Waals surface area contributed by atoms with Crippen molar-refractivity contribution < 1.29 is 34.7 Å². The Kier molecular flexibility index (Phi) is 4.83. The van der Waals surface area contributed by atoms with Gasteiger partial charge < -0.3 is 34.9 Å². The molecule has 5 N–H and O–H groups in total. The van der Waals surface area contributed by atoms with Gasteiger partial charge in [-0.1, -0.05) is 18.2 Å². The first-order valence-corrected chi connectivity index (χ1v) is 7.56. The van der Waals surface area contributed by atoms with Crippen LogP contribution in [0.3, 0.4) is 0 Å². The number of H-pyrrole nitrogens is 1. The van der Waals surface area contributed by atoms with Gasteiger partial charge in [-0.05, 0) is 11.6 Å². The molecule has 1 aliphatic heterocycles. The third kappa shape index (κ3) is 3.14. The molecular formula is C16H19NO7. The molecule has 2 aromatic rings. The lowest BCUT2D eigenvalue weighted by Gasteiger charge is -2.39. The number of nitrogens with one attached hydrogen (secondary N) is 1. The fourth-order valence-electron chi connectivity index (χ4n) is 2.77. The van der Waals surface area contributed by atoms with E-state index >= 15 is 0 Å². The van der Waals surface area contributed by atoms with Crippen LogP contribution in [0.5, 0.6) is 0 Å². The van der Waals surface area contributed by atoms with E-state index in [1.54, 1.807) is 6.20 Å². The minimum Gasteiger partial charge on any atom is -0.432 e. The van der Waals surface area contributed by atoms with Crippen LogP contribution in [0.4, 0.5) is 0 Å². The normalized spacial score (nSPS) is 30.4. The molecule has 1 aromatic heterocycles. The first-order chi connectivity index (χ1) is 11.5. The monoisotopic (exact) mass is 337 g/mol. The van der Waals surface area contributed by atoms with Crippen molar-refractivity contribution in [2.45, 2.75) is 37.1 Å². The van der Waals surface area contributed by atoms with Crippen LogP contribution in [0, 0.1) is 0 Å². The van der Waals surface area contributed by atoms with Crippen molar-refractivity contribution >= 4 is 16.9 Å². The topological polar surface area (TPSA) is 132 Å². The number of ether oxygens (including phenoxy) is 2. The van der Waals surface area contributed by atoms with Crippen molar-refractivity contribution in [2.24, 2.45) is 0 Å². The van der Waals surface area contributed by atoms with E-state index in [1.165, 1.54) is 0 Å². The number of aliphatic hydroxyl groups is 4. The fourth-order valence-corrected chi connectivity index (χ4v) is 2.77. The number of fused-ring (bicyclic) bond motifs is 1. The van der Waals surface area contributed by atoms with Crippen molar-refractivity contribution in [1.82, 2.24) is 4.98 Å². The van der Waals surface area contributed by atoms with E-state index in [0.29, 0.717) is 0 Å². The number of aliphatic hydroxyl groups excluding tert-OH is 4. The molecule has 3 rings (SSSR count). The van der Waals surface area contributed by atoms with Crippen molar-refractivity contribution in [3.63, 3.8) is 0 Å². The van der Waals surface area contributed by atoms with Gasteiger partial charge in [-0.25, -0.2) is 0 Å². The number of para-hydroxylation sites is 1. The summed E-state index contributed by atoms with van der Waals surface area (Å²) < 4.78 is 10.2. The smallest absolute Gasteiger partial charge is 0.312 e. The maximum Gasteiger partial charge on any atom is 0.312 e. The second-order valence-electron chi connectivity index (χ2n) is 5.72. The number of hydrogen-bond acceptors (Lipinski definition) is 7. The van der Waals surface area contributed by atoms with Gasteiger partial charge in [0.15, 0.2) is 0 Å². The number of aromatic amines is 1. The van der Waals surface area contributed by atoms with Crippen molar-refractivity contribution in [2.75, 3.05) is 6.61 Å². The van der Waals surface area contributed by atoms with Crippen LogP contribution in [-0.4, -0.2) is 68.7 Å². The van der Waals surface area contributed by atoms with E-state index in [2.05, 4.69) is 4.98 Å². The molecule has 0 saturated carbocycles. The standard InChI is InChI=1S/C16H19NO7/c18-7-11-13(20)14(21)15(22)16(23-11)24-12(19)5-8-6-17-10-4-2-1-3-9(8)10/h1-4,6,11,13-18,20-22H,5,7H2/t11-,13-,14+,15-,16+/m1/s1. The zero-order valence-electron chi connectivity index (χ0n) is 12.7. The van der Waals surface area contributed by atoms with Crippen molar-refractivity contribution in [3.05, 3.63) is 36.0 Å². The minimum absolute atomic E-state index is 0.0565. The third-order valence-electron chi connectivity index (χ3n) is 4.11. The van der Waals surface area contributed by atoms with Gasteiger partial charge in [0, 0.05) is 17.1 Å². The molecule has 8 heteroatoms. The van der Waals surface area contributed by atoms with Gasteiger partial charge in [-0.15, -0.1) is 0 Å². The molecule has 0 bridgehead atoms. The zero-order chi connectivity index (χ0) is 17.3. The summed E-state index contributed by atoms with van der Waals surface area (Å²) in [5.41, 5.74) is 1.60. The summed E-state index contributed by atoms with van der Waals surface area (Å²) in [4.78, 5) is 15.2. The van der Waals surface area contributed by atoms with Gasteiger partial charge in [0.05, 0.1) is 13.0 Å². The van der Waals surface area contributed by atoms with Crippen LogP contribution in [0.2, 0.25) is 0 Å². The van der Waals surface area contributed by atoms with Crippen LogP contribution >= 0.6 is 0 Å². The molecule has 0 amide bonds. The Morgan fingerprint density at radius 1 is 1.17 bits per heavy atom. The molecule has 1 aliphatic rings. The number of aromatic nitrogens is 1. The molecule has 24 heavy (non-hydrogen) atoms. The van der Waals surface area contributed by atoms with Gasteiger partial charge in [-0.2, -0.15) is 0 Å². The van der Waals surface area contributed by atoms with Gasteiger partial charge in [0.25, 0.3) is 0 Å². The molecule has 1 fully saturated rings. The highest BCUT2D eigenvalue weighted by atomic mass is 16.7. The van der Waals surface area contributed by atoms with Crippen LogP contribution < -0.4 is 0 Å². The number of benzene rings is 1. The zero-order valence-corrected chi connectivity index (χ0v) is 12.7. The van der Waals surface area contributed by atoms with Gasteiger partial charge >= 0.3 is 5.97 Å². The van der Waals surface area contributed by atoms with E-state index in [1.807, 2.05) is 24.3 Å². The molecule has 1 aromatic carbocycles. The summed E-state index contributed by atoms with van der Waals surface area (Å²) >= 11 is 0. The second kappa shape index (κ2) is 6.88. The molecule has 0 aliphatic carbocycles. The molecule has 0 unspecified atom stereocenters. The first kappa shape index (κ1) is 16.9. The Morgan fingerprint density at radius 2 is 1.92 bits per heavy atom. The number of rotatable bonds is 4. The number of esters is 1. The van der Waals surface area contributed by atoms with Crippen molar-refractivity contribution in [1.29, 1.82) is 0 Å². The SMILES string of the molecule is O=C(Cc1c[nH]c2ccccc12)O[C@@H]1O[C@H](CO)[C@@H](O)[C@H](O)[C@H]1O. The van der Waals surface area contributed by atoms with E-state index in [4.69, 9.17) is 14.6 Å². The minimum atomic E-state index is -1.60. The summed E-state index contributed by atoms with van der Waals surface area (Å²) in [5, 5.41) is 39.3. The molecule has 130 valence electrons. The second-order valence-corrected chi connectivity index (χ2v) is 5.72. The summed E-state index contributed by atoms with van der Waals surface area (Å²) in [5.74, 6) is -0.663. The van der Waals surface area contributed by atoms with Crippen LogP contribution in [-0.2, 0) is 20.7 Å². The fraction of sp³-hybridized carbons (Fsp3) is 0.438. The lowest BCUT2D eigenvalue weighted by Crippen LogP contribution is -2.59. The van der Waals surface area contributed by atoms with Crippen LogP contribution in [0.1, 0.15) is 5.56 Å². The molecular weight excluding hydrogens is 318 g/mol. The van der Waals surface area contributed by atoms with E-state index < -0.39 is 43.3 Å². The molecule has 8 nitrogen and oxygen atoms in total. The van der Waals surface area contributed by atoms with Crippen molar-refractivity contribution in [3.8, 4) is 0 Å². The highest BCUT2D eigenvalue weighted by Crippen LogP contribution is 2.23. The Labute approximate surface area is 137 Å². The third-order valence-corrected chi connectivity index (χ3v) is 4.11. The van der Waals surface area contributed by atoms with Crippen LogP contribution in [0.15, 0.2) is 30.5 Å². The molecule has 0 radical (unpaired) electrons. The maximum absolute atomic E-state index is 12.1. The highest BCUT2D eigenvalue weighted by Gasteiger charge is 2.45. The average Bonchev–Trinajstić information content (AvgIpc) is 2.98. The highest BCUT2D eigenvalue weighted by molar-refractivity contribution is 5.87. The number of carbonyl (C=O) groups is 1. The first-order valence-electron chi connectivity index (χ1n) is 7.56. The maximum atomic E-state index is 12.1. The average molecular weight is 337 g/mol.